The number of fused-ring (bicyclic) bond motifs is 1. The van der Waals surface area contributed by atoms with Crippen molar-refractivity contribution in [3.63, 3.8) is 0 Å². The van der Waals surface area contributed by atoms with Gasteiger partial charge in [0, 0.05) is 49.8 Å². The van der Waals surface area contributed by atoms with E-state index >= 15 is 0 Å². The molecule has 0 aliphatic carbocycles. The number of aromatic nitrogens is 1. The summed E-state index contributed by atoms with van der Waals surface area (Å²) in [4.78, 5) is 23.0. The van der Waals surface area contributed by atoms with Crippen LogP contribution in [0.3, 0.4) is 0 Å². The van der Waals surface area contributed by atoms with Crippen molar-refractivity contribution in [3.8, 4) is 0 Å². The van der Waals surface area contributed by atoms with E-state index in [0.29, 0.717) is 25.0 Å². The zero-order valence-corrected chi connectivity index (χ0v) is 21.5. The molecule has 3 heterocycles. The quantitative estimate of drug-likeness (QED) is 0.432. The Hall–Kier alpha value is -2.76. The van der Waals surface area contributed by atoms with Crippen molar-refractivity contribution in [3.05, 3.63) is 78.0 Å². The first kappa shape index (κ1) is 24.9. The monoisotopic (exact) mass is 485 g/mol. The summed E-state index contributed by atoms with van der Waals surface area (Å²) in [6.45, 7) is 7.43. The van der Waals surface area contributed by atoms with E-state index in [2.05, 4.69) is 82.4 Å². The van der Waals surface area contributed by atoms with Crippen LogP contribution in [-0.2, 0) is 22.5 Å². The number of likely N-dealkylation sites (tertiary alicyclic amines) is 1. The van der Waals surface area contributed by atoms with Crippen LogP contribution in [0.4, 0.5) is 0 Å². The van der Waals surface area contributed by atoms with E-state index in [1.807, 2.05) is 6.20 Å². The predicted molar refractivity (Wildman–Crippen MR) is 145 cm³/mol. The Labute approximate surface area is 215 Å². The van der Waals surface area contributed by atoms with Gasteiger partial charge >= 0.3 is 0 Å². The molecular weight excluding hydrogens is 446 g/mol. The number of pyridine rings is 1. The summed E-state index contributed by atoms with van der Waals surface area (Å²) < 4.78 is 5.54. The molecule has 2 aromatic carbocycles. The van der Waals surface area contributed by atoms with Gasteiger partial charge in [-0.05, 0) is 81.3 Å². The van der Waals surface area contributed by atoms with Crippen LogP contribution in [0, 0.1) is 11.8 Å². The van der Waals surface area contributed by atoms with Crippen LogP contribution in [-0.4, -0.2) is 59.6 Å². The van der Waals surface area contributed by atoms with Gasteiger partial charge in [-0.3, -0.25) is 14.7 Å². The van der Waals surface area contributed by atoms with Gasteiger partial charge in [-0.1, -0.05) is 48.5 Å². The average Bonchev–Trinajstić information content (AvgIpc) is 2.94. The van der Waals surface area contributed by atoms with Gasteiger partial charge in [0.15, 0.2) is 0 Å². The highest BCUT2D eigenvalue weighted by Crippen LogP contribution is 2.30. The van der Waals surface area contributed by atoms with Gasteiger partial charge < -0.3 is 9.64 Å². The highest BCUT2D eigenvalue weighted by molar-refractivity contribution is 5.81. The van der Waals surface area contributed by atoms with Gasteiger partial charge in [-0.25, -0.2) is 0 Å². The Balaban J connectivity index is 1.29. The molecular formula is C31H39N3O2. The lowest BCUT2D eigenvalue weighted by molar-refractivity contribution is -0.142. The van der Waals surface area contributed by atoms with Crippen molar-refractivity contribution in [2.45, 2.75) is 51.6 Å². The molecule has 5 heteroatoms. The third-order valence-corrected chi connectivity index (χ3v) is 8.19. The predicted octanol–water partition coefficient (Wildman–Crippen LogP) is 5.33. The molecule has 1 unspecified atom stereocenters. The summed E-state index contributed by atoms with van der Waals surface area (Å²) >= 11 is 0. The molecule has 2 fully saturated rings. The SMILES string of the molecule is CCN(C(=O)C1CCOCC1)C(Cc1ccccc1)C1CCN(Cc2ccnc3ccccc23)CC1. The van der Waals surface area contributed by atoms with Gasteiger partial charge in [0.2, 0.25) is 5.91 Å². The minimum Gasteiger partial charge on any atom is -0.381 e. The zero-order valence-electron chi connectivity index (χ0n) is 21.5. The molecule has 2 aliphatic heterocycles. The summed E-state index contributed by atoms with van der Waals surface area (Å²) in [5, 5.41) is 1.25. The van der Waals surface area contributed by atoms with E-state index in [-0.39, 0.29) is 12.0 Å². The van der Waals surface area contributed by atoms with E-state index in [1.165, 1.54) is 16.5 Å². The van der Waals surface area contributed by atoms with Crippen molar-refractivity contribution in [2.75, 3.05) is 32.8 Å². The minimum atomic E-state index is 0.108. The molecule has 1 aromatic heterocycles. The van der Waals surface area contributed by atoms with E-state index in [1.54, 1.807) is 0 Å². The van der Waals surface area contributed by atoms with Crippen LogP contribution >= 0.6 is 0 Å². The lowest BCUT2D eigenvalue weighted by atomic mass is 9.83. The highest BCUT2D eigenvalue weighted by atomic mass is 16.5. The summed E-state index contributed by atoms with van der Waals surface area (Å²) in [6, 6.07) is 21.6. The largest absolute Gasteiger partial charge is 0.381 e. The van der Waals surface area contributed by atoms with E-state index < -0.39 is 0 Å². The molecule has 5 nitrogen and oxygen atoms in total. The van der Waals surface area contributed by atoms with Crippen molar-refractivity contribution >= 4 is 16.8 Å². The molecule has 36 heavy (non-hydrogen) atoms. The second kappa shape index (κ2) is 12.0. The number of likely N-dealkylation sites (N-methyl/N-ethyl adjacent to an activating group) is 1. The van der Waals surface area contributed by atoms with Crippen LogP contribution in [0.1, 0.15) is 43.7 Å². The number of carbonyl (C=O) groups excluding carboxylic acids is 1. The van der Waals surface area contributed by atoms with Crippen molar-refractivity contribution in [1.82, 2.24) is 14.8 Å². The van der Waals surface area contributed by atoms with Crippen LogP contribution < -0.4 is 0 Å². The fourth-order valence-corrected chi connectivity index (χ4v) is 6.15. The number of ether oxygens (including phenoxy) is 1. The smallest absolute Gasteiger partial charge is 0.226 e. The van der Waals surface area contributed by atoms with Gasteiger partial charge in [0.1, 0.15) is 0 Å². The Morgan fingerprint density at radius 3 is 2.47 bits per heavy atom. The molecule has 0 radical (unpaired) electrons. The Morgan fingerprint density at radius 2 is 1.72 bits per heavy atom. The van der Waals surface area contributed by atoms with Gasteiger partial charge in [0.05, 0.1) is 5.52 Å². The third kappa shape index (κ3) is 5.79. The molecule has 2 aliphatic rings. The molecule has 1 atom stereocenters. The number of benzene rings is 2. The van der Waals surface area contributed by atoms with Crippen molar-refractivity contribution in [2.24, 2.45) is 11.8 Å². The molecule has 0 bridgehead atoms. The molecule has 5 rings (SSSR count). The maximum Gasteiger partial charge on any atom is 0.226 e. The van der Waals surface area contributed by atoms with Crippen LogP contribution in [0.25, 0.3) is 10.9 Å². The Bertz CT molecular complexity index is 1120. The Kier molecular flexibility index (Phi) is 8.29. The van der Waals surface area contributed by atoms with E-state index in [4.69, 9.17) is 4.74 Å². The molecule has 0 N–H and O–H groups in total. The standard InChI is InChI=1S/C31H39N3O2/c1-2-34(31(35)26-15-20-36-21-16-26)30(22-24-8-4-3-5-9-24)25-13-18-33(19-14-25)23-27-12-17-32-29-11-7-6-10-28(27)29/h3-12,17,25-26,30H,2,13-16,18-23H2,1H3. The number of rotatable bonds is 8. The number of hydrogen-bond acceptors (Lipinski definition) is 4. The lowest BCUT2D eigenvalue weighted by Crippen LogP contribution is -2.51. The van der Waals surface area contributed by atoms with Crippen LogP contribution in [0.2, 0.25) is 0 Å². The summed E-state index contributed by atoms with van der Waals surface area (Å²) in [5.74, 6) is 0.962. The van der Waals surface area contributed by atoms with Gasteiger partial charge in [-0.15, -0.1) is 0 Å². The van der Waals surface area contributed by atoms with Gasteiger partial charge in [-0.2, -0.15) is 0 Å². The first-order valence-corrected chi connectivity index (χ1v) is 13.7. The number of carbonyl (C=O) groups is 1. The lowest BCUT2D eigenvalue weighted by Gasteiger charge is -2.42. The molecule has 2 saturated heterocycles. The van der Waals surface area contributed by atoms with Crippen LogP contribution in [0.15, 0.2) is 66.9 Å². The first-order chi connectivity index (χ1) is 17.7. The summed E-state index contributed by atoms with van der Waals surface area (Å²) in [5.41, 5.74) is 3.74. The fourth-order valence-electron chi connectivity index (χ4n) is 6.15. The molecule has 1 amide bonds. The maximum atomic E-state index is 13.7. The normalized spacial score (nSPS) is 18.8. The zero-order chi connectivity index (χ0) is 24.7. The highest BCUT2D eigenvalue weighted by Gasteiger charge is 2.35. The number of para-hydroxylation sites is 1. The van der Waals surface area contributed by atoms with E-state index in [9.17, 15) is 4.79 Å². The average molecular weight is 486 g/mol. The number of piperidine rings is 1. The van der Waals surface area contributed by atoms with Crippen LogP contribution in [0.5, 0.6) is 0 Å². The molecule has 190 valence electrons. The Morgan fingerprint density at radius 1 is 1.00 bits per heavy atom. The minimum absolute atomic E-state index is 0.108. The molecule has 0 saturated carbocycles. The maximum absolute atomic E-state index is 13.7. The number of nitrogens with zero attached hydrogens (tertiary/aromatic N) is 3. The third-order valence-electron chi connectivity index (χ3n) is 8.19. The molecule has 0 spiro atoms. The summed E-state index contributed by atoms with van der Waals surface area (Å²) in [7, 11) is 0. The number of amides is 1. The van der Waals surface area contributed by atoms with Gasteiger partial charge in [0.25, 0.3) is 0 Å². The van der Waals surface area contributed by atoms with E-state index in [0.717, 1.165) is 63.8 Å². The first-order valence-electron chi connectivity index (χ1n) is 13.7. The second-order valence-electron chi connectivity index (χ2n) is 10.4. The second-order valence-corrected chi connectivity index (χ2v) is 10.4. The van der Waals surface area contributed by atoms with Crippen molar-refractivity contribution < 1.29 is 9.53 Å². The fraction of sp³-hybridized carbons (Fsp3) is 0.484. The topological polar surface area (TPSA) is 45.7 Å². The molecule has 3 aromatic rings. The number of hydrogen-bond donors (Lipinski definition) is 0. The van der Waals surface area contributed by atoms with Crippen molar-refractivity contribution in [1.29, 1.82) is 0 Å². The summed E-state index contributed by atoms with van der Waals surface area (Å²) in [6.07, 6.45) is 6.82.